The van der Waals surface area contributed by atoms with Gasteiger partial charge in [-0.25, -0.2) is 4.98 Å². The summed E-state index contributed by atoms with van der Waals surface area (Å²) in [5, 5.41) is 4.41. The first kappa shape index (κ1) is 21.7. The van der Waals surface area contributed by atoms with Crippen LogP contribution in [0.5, 0.6) is 0 Å². The van der Waals surface area contributed by atoms with Crippen LogP contribution in [0.1, 0.15) is 0 Å². The van der Waals surface area contributed by atoms with Crippen molar-refractivity contribution in [2.24, 2.45) is 0 Å². The summed E-state index contributed by atoms with van der Waals surface area (Å²) < 4.78 is 12.6. The van der Waals surface area contributed by atoms with Gasteiger partial charge in [0.1, 0.15) is 16.7 Å². The van der Waals surface area contributed by atoms with Crippen molar-refractivity contribution in [3.05, 3.63) is 133 Å². The van der Waals surface area contributed by atoms with Gasteiger partial charge in [0.05, 0.1) is 5.69 Å². The number of hydrogen-bond donors (Lipinski definition) is 0. The maximum Gasteiger partial charge on any atom is 0.228 e. The zero-order valence-corrected chi connectivity index (χ0v) is 20.9. The number of rotatable bonds is 4. The zero-order chi connectivity index (χ0) is 25.8. The number of para-hydroxylation sites is 3. The van der Waals surface area contributed by atoms with Gasteiger partial charge in [0.2, 0.25) is 5.89 Å². The lowest BCUT2D eigenvalue weighted by Gasteiger charge is -2.26. The van der Waals surface area contributed by atoms with Gasteiger partial charge in [0.25, 0.3) is 0 Å². The minimum absolute atomic E-state index is 0.593. The third kappa shape index (κ3) is 3.50. The predicted octanol–water partition coefficient (Wildman–Crippen LogP) is 10.0. The standard InChI is InChI=1S/C35H22N2O2/c1-2-12-24(13-3-1)37(30-17-8-11-23-10-4-5-14-26(23)30)25-20-21-27-33(22-25)38-32-19-9-15-28(34(27)32)35-36-29-16-6-7-18-31(29)39-35/h1-22H. The van der Waals surface area contributed by atoms with Crippen LogP contribution in [0.2, 0.25) is 0 Å². The average molecular weight is 503 g/mol. The lowest BCUT2D eigenvalue weighted by molar-refractivity contribution is 0.620. The van der Waals surface area contributed by atoms with E-state index in [9.17, 15) is 0 Å². The molecule has 8 rings (SSSR count). The van der Waals surface area contributed by atoms with Gasteiger partial charge in [-0.1, -0.05) is 72.8 Å². The molecule has 0 bridgehead atoms. The molecule has 0 aliphatic heterocycles. The maximum absolute atomic E-state index is 6.44. The summed E-state index contributed by atoms with van der Waals surface area (Å²) in [5.74, 6) is 0.593. The van der Waals surface area contributed by atoms with Crippen LogP contribution >= 0.6 is 0 Å². The highest BCUT2D eigenvalue weighted by Gasteiger charge is 2.20. The number of oxazole rings is 1. The summed E-state index contributed by atoms with van der Waals surface area (Å²) in [5.41, 5.74) is 7.36. The molecule has 0 saturated heterocycles. The molecule has 184 valence electrons. The molecule has 0 N–H and O–H groups in total. The van der Waals surface area contributed by atoms with Crippen LogP contribution in [-0.2, 0) is 0 Å². The SMILES string of the molecule is c1ccc(N(c2ccc3c(c2)oc2cccc(-c4nc5ccccc5o4)c23)c2cccc3ccccc23)cc1. The molecular formula is C35H22N2O2. The molecule has 0 spiro atoms. The molecule has 0 saturated carbocycles. The monoisotopic (exact) mass is 502 g/mol. The fourth-order valence-corrected chi connectivity index (χ4v) is 5.53. The normalized spacial score (nSPS) is 11.6. The minimum atomic E-state index is 0.593. The van der Waals surface area contributed by atoms with E-state index in [2.05, 4.69) is 89.8 Å². The van der Waals surface area contributed by atoms with Gasteiger partial charge in [-0.3, -0.25) is 0 Å². The van der Waals surface area contributed by atoms with E-state index in [1.807, 2.05) is 48.5 Å². The average Bonchev–Trinajstić information content (AvgIpc) is 3.59. The molecule has 0 aliphatic rings. The van der Waals surface area contributed by atoms with Crippen molar-refractivity contribution in [2.45, 2.75) is 0 Å². The minimum Gasteiger partial charge on any atom is -0.456 e. The Labute approximate surface area is 224 Å². The van der Waals surface area contributed by atoms with Crippen LogP contribution < -0.4 is 4.90 Å². The molecule has 8 aromatic rings. The van der Waals surface area contributed by atoms with Crippen molar-refractivity contribution >= 4 is 60.9 Å². The van der Waals surface area contributed by atoms with Gasteiger partial charge in [0, 0.05) is 39.2 Å². The Bertz CT molecular complexity index is 2100. The van der Waals surface area contributed by atoms with E-state index in [0.717, 1.165) is 55.7 Å². The second-order valence-electron chi connectivity index (χ2n) is 9.62. The molecule has 0 atom stereocenters. The van der Waals surface area contributed by atoms with Crippen molar-refractivity contribution in [3.63, 3.8) is 0 Å². The van der Waals surface area contributed by atoms with Gasteiger partial charge in [-0.15, -0.1) is 0 Å². The Balaban J connectivity index is 1.34. The molecule has 6 aromatic carbocycles. The van der Waals surface area contributed by atoms with Crippen LogP contribution in [0, 0.1) is 0 Å². The number of hydrogen-bond acceptors (Lipinski definition) is 4. The Kier molecular flexibility index (Phi) is 4.79. The largest absolute Gasteiger partial charge is 0.456 e. The molecule has 0 radical (unpaired) electrons. The fourth-order valence-electron chi connectivity index (χ4n) is 5.53. The van der Waals surface area contributed by atoms with Crippen LogP contribution in [0.25, 0.3) is 55.3 Å². The van der Waals surface area contributed by atoms with Crippen LogP contribution in [0.3, 0.4) is 0 Å². The topological polar surface area (TPSA) is 42.4 Å². The second kappa shape index (κ2) is 8.61. The second-order valence-corrected chi connectivity index (χ2v) is 9.62. The molecule has 4 nitrogen and oxygen atoms in total. The smallest absolute Gasteiger partial charge is 0.228 e. The maximum atomic E-state index is 6.44. The molecular weight excluding hydrogens is 480 g/mol. The number of furan rings is 1. The first-order valence-corrected chi connectivity index (χ1v) is 13.0. The summed E-state index contributed by atoms with van der Waals surface area (Å²) >= 11 is 0. The molecule has 39 heavy (non-hydrogen) atoms. The van der Waals surface area contributed by atoms with E-state index in [0.29, 0.717) is 5.89 Å². The molecule has 4 heteroatoms. The number of benzene rings is 6. The summed E-state index contributed by atoms with van der Waals surface area (Å²) in [6.45, 7) is 0. The van der Waals surface area contributed by atoms with Gasteiger partial charge in [0.15, 0.2) is 5.58 Å². The fraction of sp³-hybridized carbons (Fsp3) is 0. The quantitative estimate of drug-likeness (QED) is 0.240. The van der Waals surface area contributed by atoms with Crippen LogP contribution in [0.15, 0.2) is 142 Å². The number of aromatic nitrogens is 1. The number of nitrogens with zero attached hydrogens (tertiary/aromatic N) is 2. The van der Waals surface area contributed by atoms with Crippen LogP contribution in [-0.4, -0.2) is 4.98 Å². The zero-order valence-electron chi connectivity index (χ0n) is 20.9. The molecule has 0 aliphatic carbocycles. The third-order valence-corrected chi connectivity index (χ3v) is 7.29. The third-order valence-electron chi connectivity index (χ3n) is 7.29. The van der Waals surface area contributed by atoms with Gasteiger partial charge >= 0.3 is 0 Å². The summed E-state index contributed by atoms with van der Waals surface area (Å²) in [4.78, 5) is 7.05. The van der Waals surface area contributed by atoms with Crippen molar-refractivity contribution in [2.75, 3.05) is 4.90 Å². The van der Waals surface area contributed by atoms with Gasteiger partial charge < -0.3 is 13.7 Å². The summed E-state index contributed by atoms with van der Waals surface area (Å²) in [7, 11) is 0. The predicted molar refractivity (Wildman–Crippen MR) is 159 cm³/mol. The highest BCUT2D eigenvalue weighted by molar-refractivity contribution is 6.13. The van der Waals surface area contributed by atoms with Crippen molar-refractivity contribution in [3.8, 4) is 11.5 Å². The van der Waals surface area contributed by atoms with Gasteiger partial charge in [-0.2, -0.15) is 0 Å². The van der Waals surface area contributed by atoms with Crippen molar-refractivity contribution in [1.29, 1.82) is 0 Å². The summed E-state index contributed by atoms with van der Waals surface area (Å²) in [6, 6.07) is 45.7. The Morgan fingerprint density at radius 2 is 1.28 bits per heavy atom. The van der Waals surface area contributed by atoms with Crippen molar-refractivity contribution < 1.29 is 8.83 Å². The van der Waals surface area contributed by atoms with Gasteiger partial charge in [-0.05, 0) is 60.0 Å². The molecule has 0 amide bonds. The lowest BCUT2D eigenvalue weighted by atomic mass is 10.0. The highest BCUT2D eigenvalue weighted by atomic mass is 16.3. The summed E-state index contributed by atoms with van der Waals surface area (Å²) in [6.07, 6.45) is 0. The van der Waals surface area contributed by atoms with E-state index < -0.39 is 0 Å². The first-order valence-electron chi connectivity index (χ1n) is 13.0. The van der Waals surface area contributed by atoms with E-state index in [1.54, 1.807) is 0 Å². The Hall–Kier alpha value is -5.35. The van der Waals surface area contributed by atoms with Crippen molar-refractivity contribution in [1.82, 2.24) is 4.98 Å². The molecule has 0 fully saturated rings. The van der Waals surface area contributed by atoms with E-state index >= 15 is 0 Å². The first-order chi connectivity index (χ1) is 19.3. The van der Waals surface area contributed by atoms with Crippen LogP contribution in [0.4, 0.5) is 17.1 Å². The van der Waals surface area contributed by atoms with E-state index in [4.69, 9.17) is 13.8 Å². The van der Waals surface area contributed by atoms with E-state index in [1.165, 1.54) is 10.8 Å². The molecule has 2 aromatic heterocycles. The number of anilines is 3. The number of fused-ring (bicyclic) bond motifs is 5. The highest BCUT2D eigenvalue weighted by Crippen LogP contribution is 2.42. The van der Waals surface area contributed by atoms with E-state index in [-0.39, 0.29) is 0 Å². The molecule has 0 unspecified atom stereocenters. The molecule has 2 heterocycles. The lowest BCUT2D eigenvalue weighted by Crippen LogP contribution is -2.10. The Morgan fingerprint density at radius 3 is 2.21 bits per heavy atom. The Morgan fingerprint density at radius 1 is 0.513 bits per heavy atom.